The predicted octanol–water partition coefficient (Wildman–Crippen LogP) is 2.14. The second kappa shape index (κ2) is 13.0. The fraction of sp³-hybridized carbons (Fsp3) is 0.630. The molecule has 0 saturated carbocycles. The summed E-state index contributed by atoms with van der Waals surface area (Å²) < 4.78 is 15.7. The number of hydrogen-bond acceptors (Lipinski definition) is 7. The molecule has 206 valence electrons. The van der Waals surface area contributed by atoms with Gasteiger partial charge in [0.2, 0.25) is 11.8 Å². The second-order valence-corrected chi connectivity index (χ2v) is 11.0. The number of epoxide rings is 1. The molecular weight excluding hydrogens is 478 g/mol. The lowest BCUT2D eigenvalue weighted by atomic mass is 9.93. The van der Waals surface area contributed by atoms with Gasteiger partial charge < -0.3 is 30.2 Å². The highest BCUT2D eigenvalue weighted by atomic mass is 16.6. The average molecular weight is 520 g/mol. The van der Waals surface area contributed by atoms with Crippen LogP contribution in [0.5, 0.6) is 0 Å². The Hall–Kier alpha value is -2.98. The zero-order valence-corrected chi connectivity index (χ0v) is 22.9. The molecule has 0 spiro atoms. The number of hydrogen-bond donors (Lipinski definition) is 3. The normalized spacial score (nSPS) is 19.4. The van der Waals surface area contributed by atoms with Crippen molar-refractivity contribution < 1.29 is 33.4 Å². The van der Waals surface area contributed by atoms with E-state index in [4.69, 9.17) is 14.2 Å². The molecule has 1 aromatic rings. The van der Waals surface area contributed by atoms with Gasteiger partial charge in [-0.15, -0.1) is 0 Å². The first-order chi connectivity index (χ1) is 17.2. The number of rotatable bonds is 13. The SMILES string of the molecule is COC[C@H](NC(=O)OC(C)(C)C)C(=O)N[C@@H](Cc1ccccc1)C(=O)NC(CC(C)C)C(=O)[C@@]1(C)CO1. The van der Waals surface area contributed by atoms with Crippen molar-refractivity contribution in [2.75, 3.05) is 20.3 Å². The van der Waals surface area contributed by atoms with Crippen molar-refractivity contribution in [1.29, 1.82) is 0 Å². The Morgan fingerprint density at radius 3 is 2.05 bits per heavy atom. The molecule has 0 radical (unpaired) electrons. The molecule has 37 heavy (non-hydrogen) atoms. The Balaban J connectivity index is 2.22. The summed E-state index contributed by atoms with van der Waals surface area (Å²) >= 11 is 0. The average Bonchev–Trinajstić information content (AvgIpc) is 3.55. The third kappa shape index (κ3) is 10.1. The zero-order valence-electron chi connectivity index (χ0n) is 22.9. The van der Waals surface area contributed by atoms with Gasteiger partial charge in [-0.2, -0.15) is 0 Å². The molecule has 0 aliphatic carbocycles. The first-order valence-corrected chi connectivity index (χ1v) is 12.6. The highest BCUT2D eigenvalue weighted by Crippen LogP contribution is 2.29. The summed E-state index contributed by atoms with van der Waals surface area (Å²) in [6, 6.07) is 6.33. The van der Waals surface area contributed by atoms with Gasteiger partial charge in [0.15, 0.2) is 5.78 Å². The number of amides is 3. The molecule has 1 aliphatic rings. The summed E-state index contributed by atoms with van der Waals surface area (Å²) in [5.74, 6) is -1.17. The minimum atomic E-state index is -1.10. The molecule has 10 heteroatoms. The van der Waals surface area contributed by atoms with E-state index in [1.54, 1.807) is 27.7 Å². The second-order valence-electron chi connectivity index (χ2n) is 11.0. The van der Waals surface area contributed by atoms with Gasteiger partial charge in [-0.3, -0.25) is 14.4 Å². The highest BCUT2D eigenvalue weighted by molar-refractivity contribution is 5.98. The number of nitrogens with one attached hydrogen (secondary N) is 3. The van der Waals surface area contributed by atoms with Gasteiger partial charge in [-0.25, -0.2) is 4.79 Å². The maximum atomic E-state index is 13.5. The fourth-order valence-corrected chi connectivity index (χ4v) is 3.73. The van der Waals surface area contributed by atoms with Crippen molar-refractivity contribution in [2.24, 2.45) is 5.92 Å². The van der Waals surface area contributed by atoms with Gasteiger partial charge in [-0.05, 0) is 45.6 Å². The molecule has 10 nitrogen and oxygen atoms in total. The van der Waals surface area contributed by atoms with E-state index in [0.29, 0.717) is 13.0 Å². The van der Waals surface area contributed by atoms with E-state index in [0.717, 1.165) is 5.56 Å². The van der Waals surface area contributed by atoms with E-state index < -0.39 is 47.2 Å². The van der Waals surface area contributed by atoms with E-state index in [1.807, 2.05) is 44.2 Å². The van der Waals surface area contributed by atoms with Crippen LogP contribution in [0.25, 0.3) is 0 Å². The van der Waals surface area contributed by atoms with Crippen molar-refractivity contribution in [1.82, 2.24) is 16.0 Å². The minimum Gasteiger partial charge on any atom is -0.444 e. The van der Waals surface area contributed by atoms with Crippen molar-refractivity contribution in [2.45, 2.75) is 83.7 Å². The van der Waals surface area contributed by atoms with Crippen molar-refractivity contribution in [3.8, 4) is 0 Å². The van der Waals surface area contributed by atoms with Crippen LogP contribution >= 0.6 is 0 Å². The van der Waals surface area contributed by atoms with Crippen LogP contribution in [-0.4, -0.2) is 73.3 Å². The number of carbonyl (C=O) groups excluding carboxylic acids is 4. The smallest absolute Gasteiger partial charge is 0.408 e. The molecule has 0 bridgehead atoms. The zero-order chi connectivity index (χ0) is 27.8. The Morgan fingerprint density at radius 2 is 1.54 bits per heavy atom. The van der Waals surface area contributed by atoms with E-state index in [2.05, 4.69) is 16.0 Å². The molecule has 1 unspecified atom stereocenters. The van der Waals surface area contributed by atoms with Crippen molar-refractivity contribution in [3.05, 3.63) is 35.9 Å². The number of carbonyl (C=O) groups is 4. The van der Waals surface area contributed by atoms with Crippen LogP contribution in [0.1, 0.15) is 53.5 Å². The standard InChI is InChI=1S/C27H41N3O7/c1-17(2)13-19(22(31)27(6)16-36-27)28-23(32)20(14-18-11-9-8-10-12-18)29-24(33)21(15-35-7)30-25(34)37-26(3,4)5/h8-12,17,19-21H,13-16H2,1-7H3,(H,28,32)(H,29,33)(H,30,34)/t19?,20-,21-,27+/m0/s1. The molecular formula is C27H41N3O7. The Kier molecular flexibility index (Phi) is 10.6. The summed E-state index contributed by atoms with van der Waals surface area (Å²) in [4.78, 5) is 51.9. The molecule has 1 saturated heterocycles. The van der Waals surface area contributed by atoms with Crippen LogP contribution in [0.4, 0.5) is 4.79 Å². The highest BCUT2D eigenvalue weighted by Gasteiger charge is 2.50. The predicted molar refractivity (Wildman–Crippen MR) is 138 cm³/mol. The summed E-state index contributed by atoms with van der Waals surface area (Å²) in [7, 11) is 1.40. The molecule has 3 amide bonds. The lowest BCUT2D eigenvalue weighted by Gasteiger charge is -2.27. The minimum absolute atomic E-state index is 0.130. The van der Waals surface area contributed by atoms with E-state index in [1.165, 1.54) is 7.11 Å². The van der Waals surface area contributed by atoms with E-state index in [9.17, 15) is 19.2 Å². The maximum absolute atomic E-state index is 13.5. The molecule has 1 aliphatic heterocycles. The summed E-state index contributed by atoms with van der Waals surface area (Å²) in [6.07, 6.45) is -0.169. The van der Waals surface area contributed by atoms with Crippen LogP contribution in [0.3, 0.4) is 0 Å². The van der Waals surface area contributed by atoms with Crippen molar-refractivity contribution >= 4 is 23.7 Å². The maximum Gasteiger partial charge on any atom is 0.408 e. The number of benzene rings is 1. The van der Waals surface area contributed by atoms with Gasteiger partial charge in [0.25, 0.3) is 0 Å². The number of ketones is 1. The van der Waals surface area contributed by atoms with Gasteiger partial charge in [0.1, 0.15) is 23.3 Å². The van der Waals surface area contributed by atoms with E-state index in [-0.39, 0.29) is 24.7 Å². The molecule has 0 aromatic heterocycles. The van der Waals surface area contributed by atoms with Crippen LogP contribution in [0.2, 0.25) is 0 Å². The molecule has 1 aromatic carbocycles. The Morgan fingerprint density at radius 1 is 0.973 bits per heavy atom. The Labute approximate surface area is 219 Å². The monoisotopic (exact) mass is 519 g/mol. The first kappa shape index (κ1) is 30.2. The van der Waals surface area contributed by atoms with Crippen LogP contribution < -0.4 is 16.0 Å². The first-order valence-electron chi connectivity index (χ1n) is 12.6. The van der Waals surface area contributed by atoms with Crippen molar-refractivity contribution in [3.63, 3.8) is 0 Å². The number of methoxy groups -OCH3 is 1. The summed E-state index contributed by atoms with van der Waals surface area (Å²) in [6.45, 7) is 10.9. The molecule has 1 heterocycles. The quantitative estimate of drug-likeness (QED) is 0.340. The topological polar surface area (TPSA) is 135 Å². The number of ether oxygens (including phenoxy) is 3. The largest absolute Gasteiger partial charge is 0.444 e. The number of alkyl carbamates (subject to hydrolysis) is 1. The van der Waals surface area contributed by atoms with Gasteiger partial charge >= 0.3 is 6.09 Å². The van der Waals surface area contributed by atoms with Gasteiger partial charge in [0, 0.05) is 13.5 Å². The molecule has 3 N–H and O–H groups in total. The molecule has 1 fully saturated rings. The Bertz CT molecular complexity index is 939. The van der Waals surface area contributed by atoms with Crippen LogP contribution in [0, 0.1) is 5.92 Å². The van der Waals surface area contributed by atoms with Gasteiger partial charge in [0.05, 0.1) is 19.3 Å². The van der Waals surface area contributed by atoms with Gasteiger partial charge in [-0.1, -0.05) is 44.2 Å². The molecule has 2 rings (SSSR count). The van der Waals surface area contributed by atoms with Crippen LogP contribution in [0.15, 0.2) is 30.3 Å². The summed E-state index contributed by atoms with van der Waals surface area (Å²) in [5.41, 5.74) is -0.838. The number of Topliss-reactive ketones (excluding diaryl/α,β-unsaturated/α-hetero) is 1. The molecule has 4 atom stereocenters. The van der Waals surface area contributed by atoms with E-state index >= 15 is 0 Å². The third-order valence-corrected chi connectivity index (χ3v) is 5.70. The lowest BCUT2D eigenvalue weighted by Crippen LogP contribution is -2.58. The summed E-state index contributed by atoms with van der Waals surface area (Å²) in [5, 5.41) is 8.06. The third-order valence-electron chi connectivity index (χ3n) is 5.70. The lowest BCUT2D eigenvalue weighted by molar-refractivity contribution is -0.133. The van der Waals surface area contributed by atoms with Crippen LogP contribution in [-0.2, 0) is 35.0 Å². The fourth-order valence-electron chi connectivity index (χ4n) is 3.73.